The van der Waals surface area contributed by atoms with Gasteiger partial charge in [0.05, 0.1) is 18.6 Å². The highest BCUT2D eigenvalue weighted by atomic mass is 16.5. The summed E-state index contributed by atoms with van der Waals surface area (Å²) in [4.78, 5) is 27.1. The van der Waals surface area contributed by atoms with Crippen molar-refractivity contribution < 1.29 is 14.3 Å². The summed E-state index contributed by atoms with van der Waals surface area (Å²) in [5.74, 6) is -0.338. The zero-order chi connectivity index (χ0) is 21.1. The van der Waals surface area contributed by atoms with Crippen LogP contribution >= 0.6 is 0 Å². The summed E-state index contributed by atoms with van der Waals surface area (Å²) in [7, 11) is 0. The van der Waals surface area contributed by atoms with E-state index in [1.807, 2.05) is 38.1 Å². The highest BCUT2D eigenvalue weighted by Gasteiger charge is 2.35. The topological polar surface area (TPSA) is 58.6 Å². The van der Waals surface area contributed by atoms with Crippen LogP contribution in [0, 0.1) is 5.92 Å². The summed E-state index contributed by atoms with van der Waals surface area (Å²) in [6.07, 6.45) is 3.84. The van der Waals surface area contributed by atoms with Gasteiger partial charge in [-0.25, -0.2) is 0 Å². The number of hydrogen-bond acceptors (Lipinski definition) is 3. The van der Waals surface area contributed by atoms with E-state index in [4.69, 9.17) is 4.74 Å². The molecule has 158 valence electrons. The standard InChI is InChI=1S/C25H30N2O3/c1-17(2)30-16-19-6-3-5-18(11-19)14-26-25(29)22-13-24(28)27(15-22)23-10-9-20-7-4-8-21(20)12-23/h3,5-6,9-12,17,22H,4,7-8,13-16H2,1-2H3,(H,26,29). The lowest BCUT2D eigenvalue weighted by molar-refractivity contribution is -0.126. The van der Waals surface area contributed by atoms with Gasteiger partial charge >= 0.3 is 0 Å². The molecule has 0 radical (unpaired) electrons. The van der Waals surface area contributed by atoms with Crippen molar-refractivity contribution >= 4 is 17.5 Å². The van der Waals surface area contributed by atoms with Crippen molar-refractivity contribution in [3.05, 3.63) is 64.7 Å². The third-order valence-corrected chi connectivity index (χ3v) is 5.93. The Labute approximate surface area is 178 Å². The third kappa shape index (κ3) is 4.73. The fourth-order valence-corrected chi connectivity index (χ4v) is 4.28. The fraction of sp³-hybridized carbons (Fsp3) is 0.440. The van der Waals surface area contributed by atoms with E-state index in [2.05, 4.69) is 23.5 Å². The Kier molecular flexibility index (Phi) is 6.18. The van der Waals surface area contributed by atoms with Gasteiger partial charge in [0, 0.05) is 25.2 Å². The first-order valence-electron chi connectivity index (χ1n) is 10.9. The summed E-state index contributed by atoms with van der Waals surface area (Å²) in [6.45, 7) is 5.49. The largest absolute Gasteiger partial charge is 0.374 e. The Morgan fingerprint density at radius 3 is 2.77 bits per heavy atom. The summed E-state index contributed by atoms with van der Waals surface area (Å²) >= 11 is 0. The minimum atomic E-state index is -0.307. The van der Waals surface area contributed by atoms with Crippen molar-refractivity contribution in [3.63, 3.8) is 0 Å². The van der Waals surface area contributed by atoms with Gasteiger partial charge in [0.1, 0.15) is 0 Å². The molecule has 2 aliphatic rings. The molecule has 0 aromatic heterocycles. The van der Waals surface area contributed by atoms with E-state index in [-0.39, 0.29) is 30.3 Å². The summed E-state index contributed by atoms with van der Waals surface area (Å²) < 4.78 is 5.65. The van der Waals surface area contributed by atoms with Gasteiger partial charge in [0.25, 0.3) is 0 Å². The maximum absolute atomic E-state index is 12.7. The number of nitrogens with one attached hydrogen (secondary N) is 1. The lowest BCUT2D eigenvalue weighted by Gasteiger charge is -2.18. The number of nitrogens with zero attached hydrogens (tertiary/aromatic N) is 1. The van der Waals surface area contributed by atoms with Crippen LogP contribution in [-0.2, 0) is 40.3 Å². The quantitative estimate of drug-likeness (QED) is 0.762. The van der Waals surface area contributed by atoms with E-state index >= 15 is 0 Å². The smallest absolute Gasteiger partial charge is 0.227 e. The molecule has 1 heterocycles. The first-order chi connectivity index (χ1) is 14.5. The average Bonchev–Trinajstić information content (AvgIpc) is 3.36. The van der Waals surface area contributed by atoms with E-state index in [0.717, 1.165) is 29.7 Å². The fourth-order valence-electron chi connectivity index (χ4n) is 4.28. The number of amides is 2. The summed E-state index contributed by atoms with van der Waals surface area (Å²) in [6, 6.07) is 14.3. The average molecular weight is 407 g/mol. The Morgan fingerprint density at radius 1 is 1.13 bits per heavy atom. The first kappa shape index (κ1) is 20.6. The van der Waals surface area contributed by atoms with Crippen molar-refractivity contribution in [3.8, 4) is 0 Å². The van der Waals surface area contributed by atoms with E-state index in [1.165, 1.54) is 17.5 Å². The minimum Gasteiger partial charge on any atom is -0.374 e. The van der Waals surface area contributed by atoms with Crippen molar-refractivity contribution in [2.24, 2.45) is 5.92 Å². The molecule has 1 fully saturated rings. The van der Waals surface area contributed by atoms with E-state index in [1.54, 1.807) is 4.90 Å². The first-order valence-corrected chi connectivity index (χ1v) is 10.9. The number of benzene rings is 2. The normalized spacial score (nSPS) is 18.2. The summed E-state index contributed by atoms with van der Waals surface area (Å²) in [5.41, 5.74) is 5.78. The van der Waals surface area contributed by atoms with Crippen molar-refractivity contribution in [1.82, 2.24) is 5.32 Å². The van der Waals surface area contributed by atoms with Crippen LogP contribution in [0.5, 0.6) is 0 Å². The van der Waals surface area contributed by atoms with E-state index in [0.29, 0.717) is 19.7 Å². The van der Waals surface area contributed by atoms with Gasteiger partial charge in [-0.05, 0) is 67.5 Å². The van der Waals surface area contributed by atoms with E-state index in [9.17, 15) is 9.59 Å². The molecule has 1 aliphatic heterocycles. The molecule has 2 aromatic rings. The molecule has 0 bridgehead atoms. The maximum Gasteiger partial charge on any atom is 0.227 e. The van der Waals surface area contributed by atoms with Gasteiger partial charge in [-0.15, -0.1) is 0 Å². The van der Waals surface area contributed by atoms with Crippen LogP contribution in [0.1, 0.15) is 48.9 Å². The Bertz CT molecular complexity index is 938. The predicted octanol–water partition coefficient (Wildman–Crippen LogP) is 3.77. The number of rotatable bonds is 7. The number of aryl methyl sites for hydroxylation is 2. The third-order valence-electron chi connectivity index (χ3n) is 5.93. The number of ether oxygens (including phenoxy) is 1. The number of fused-ring (bicyclic) bond motifs is 1. The van der Waals surface area contributed by atoms with Gasteiger partial charge in [0.2, 0.25) is 11.8 Å². The van der Waals surface area contributed by atoms with E-state index < -0.39 is 0 Å². The second-order valence-corrected chi connectivity index (χ2v) is 8.61. The molecule has 0 saturated carbocycles. The molecule has 5 heteroatoms. The molecule has 0 spiro atoms. The molecule has 1 N–H and O–H groups in total. The summed E-state index contributed by atoms with van der Waals surface area (Å²) in [5, 5.41) is 3.01. The number of anilines is 1. The van der Waals surface area contributed by atoms with Gasteiger partial charge in [0.15, 0.2) is 0 Å². The highest BCUT2D eigenvalue weighted by Crippen LogP contribution is 2.30. The van der Waals surface area contributed by atoms with Crippen LogP contribution in [0.3, 0.4) is 0 Å². The maximum atomic E-state index is 12.7. The Hall–Kier alpha value is -2.66. The molecular formula is C25H30N2O3. The van der Waals surface area contributed by atoms with Crippen molar-refractivity contribution in [2.45, 2.75) is 58.8 Å². The molecule has 30 heavy (non-hydrogen) atoms. The van der Waals surface area contributed by atoms with Crippen LogP contribution in [0.25, 0.3) is 0 Å². The lowest BCUT2D eigenvalue weighted by atomic mass is 10.1. The van der Waals surface area contributed by atoms with Gasteiger partial charge < -0.3 is 15.0 Å². The van der Waals surface area contributed by atoms with Crippen LogP contribution in [0.15, 0.2) is 42.5 Å². The molecule has 4 rings (SSSR count). The number of hydrogen-bond donors (Lipinski definition) is 1. The minimum absolute atomic E-state index is 0.0286. The predicted molar refractivity (Wildman–Crippen MR) is 117 cm³/mol. The SMILES string of the molecule is CC(C)OCc1cccc(CNC(=O)C2CC(=O)N(c3ccc4c(c3)CCC4)C2)c1. The van der Waals surface area contributed by atoms with Gasteiger partial charge in [-0.3, -0.25) is 9.59 Å². The molecule has 5 nitrogen and oxygen atoms in total. The number of carbonyl (C=O) groups is 2. The second kappa shape index (κ2) is 9.00. The molecular weight excluding hydrogens is 376 g/mol. The zero-order valence-corrected chi connectivity index (χ0v) is 17.8. The van der Waals surface area contributed by atoms with Crippen LogP contribution in [-0.4, -0.2) is 24.5 Å². The molecule has 2 amide bonds. The molecule has 1 atom stereocenters. The van der Waals surface area contributed by atoms with Crippen LogP contribution in [0.4, 0.5) is 5.69 Å². The second-order valence-electron chi connectivity index (χ2n) is 8.61. The van der Waals surface area contributed by atoms with Gasteiger partial charge in [-0.1, -0.05) is 30.3 Å². The molecule has 1 unspecified atom stereocenters. The lowest BCUT2D eigenvalue weighted by Crippen LogP contribution is -2.32. The monoisotopic (exact) mass is 406 g/mol. The van der Waals surface area contributed by atoms with Gasteiger partial charge in [-0.2, -0.15) is 0 Å². The van der Waals surface area contributed by atoms with Crippen LogP contribution < -0.4 is 10.2 Å². The van der Waals surface area contributed by atoms with Crippen molar-refractivity contribution in [2.75, 3.05) is 11.4 Å². The zero-order valence-electron chi connectivity index (χ0n) is 17.8. The Morgan fingerprint density at radius 2 is 1.93 bits per heavy atom. The molecule has 1 saturated heterocycles. The molecule has 1 aliphatic carbocycles. The molecule has 2 aromatic carbocycles. The van der Waals surface area contributed by atoms with Crippen molar-refractivity contribution in [1.29, 1.82) is 0 Å². The van der Waals surface area contributed by atoms with Crippen LogP contribution in [0.2, 0.25) is 0 Å². The number of carbonyl (C=O) groups excluding carboxylic acids is 2. The highest BCUT2D eigenvalue weighted by molar-refractivity contribution is 6.00. The Balaban J connectivity index is 1.33.